The SMILES string of the molecule is Cc1cc(N2CC3C=C2C3Nc2nc(Oc3cc(F)cc(Cl)c3)n(/C=C/F)n2)ncn1. The van der Waals surface area contributed by atoms with Crippen molar-refractivity contribution in [1.29, 1.82) is 0 Å². The molecule has 1 aromatic carbocycles. The Hall–Kier alpha value is -3.53. The van der Waals surface area contributed by atoms with E-state index >= 15 is 0 Å². The van der Waals surface area contributed by atoms with E-state index in [0.717, 1.165) is 46.8 Å². The molecule has 2 aliphatic heterocycles. The Bertz CT molecular complexity index is 1190. The molecular formula is C20H16ClF2N7O. The van der Waals surface area contributed by atoms with Crippen molar-refractivity contribution in [2.45, 2.75) is 13.0 Å². The highest BCUT2D eigenvalue weighted by Crippen LogP contribution is 2.42. The summed E-state index contributed by atoms with van der Waals surface area (Å²) in [6, 6.07) is 5.59. The van der Waals surface area contributed by atoms with Crippen LogP contribution in [0.3, 0.4) is 0 Å². The van der Waals surface area contributed by atoms with Gasteiger partial charge in [-0.25, -0.2) is 18.7 Å². The molecule has 1 saturated heterocycles. The molecule has 3 aromatic rings. The van der Waals surface area contributed by atoms with Crippen LogP contribution >= 0.6 is 11.6 Å². The van der Waals surface area contributed by atoms with E-state index in [-0.39, 0.29) is 34.7 Å². The van der Waals surface area contributed by atoms with Crippen LogP contribution in [0.15, 0.2) is 48.7 Å². The lowest BCUT2D eigenvalue weighted by atomic mass is 9.91. The first-order chi connectivity index (χ1) is 15.0. The molecule has 11 heteroatoms. The molecule has 2 unspecified atom stereocenters. The highest BCUT2D eigenvalue weighted by molar-refractivity contribution is 6.30. The summed E-state index contributed by atoms with van der Waals surface area (Å²) in [6.07, 6.45) is 5.04. The zero-order chi connectivity index (χ0) is 21.5. The Morgan fingerprint density at radius 1 is 1.26 bits per heavy atom. The number of nitrogens with one attached hydrogen (secondary N) is 1. The minimum Gasteiger partial charge on any atom is -0.424 e. The number of nitrogens with zero attached hydrogens (tertiary/aromatic N) is 6. The van der Waals surface area contributed by atoms with Crippen molar-refractivity contribution in [2.75, 3.05) is 16.8 Å². The van der Waals surface area contributed by atoms with Crippen molar-refractivity contribution >= 4 is 29.6 Å². The third-order valence-electron chi connectivity index (χ3n) is 5.03. The third-order valence-corrected chi connectivity index (χ3v) is 5.25. The van der Waals surface area contributed by atoms with Crippen molar-refractivity contribution in [2.24, 2.45) is 5.92 Å². The van der Waals surface area contributed by atoms with Crippen LogP contribution in [0.2, 0.25) is 5.02 Å². The molecule has 4 heterocycles. The minimum atomic E-state index is -0.564. The number of halogens is 3. The highest BCUT2D eigenvalue weighted by atomic mass is 35.5. The first-order valence-corrected chi connectivity index (χ1v) is 9.80. The van der Waals surface area contributed by atoms with Gasteiger partial charge in [-0.15, -0.1) is 5.10 Å². The standard InChI is InChI=1S/C20H16ClF2N7O/c1-11-4-17(25-10-24-11)29-9-12-5-16(29)18(12)26-19-27-20(30(28-19)3-2-22)31-15-7-13(21)6-14(23)8-15/h2-8,10,12,18H,9H2,1H3,(H,26,28)/b3-2+. The van der Waals surface area contributed by atoms with Crippen molar-refractivity contribution in [3.8, 4) is 11.8 Å². The molecule has 8 nitrogen and oxygen atoms in total. The number of aromatic nitrogens is 5. The number of hydrogen-bond acceptors (Lipinski definition) is 7. The van der Waals surface area contributed by atoms with Gasteiger partial charge in [-0.05, 0) is 19.1 Å². The van der Waals surface area contributed by atoms with Crippen LogP contribution in [0, 0.1) is 18.7 Å². The van der Waals surface area contributed by atoms with Crippen molar-refractivity contribution in [3.63, 3.8) is 0 Å². The van der Waals surface area contributed by atoms with Crippen LogP contribution in [0.1, 0.15) is 5.69 Å². The number of rotatable bonds is 6. The lowest BCUT2D eigenvalue weighted by Gasteiger charge is -2.27. The van der Waals surface area contributed by atoms with Gasteiger partial charge in [0.25, 0.3) is 0 Å². The molecule has 158 valence electrons. The van der Waals surface area contributed by atoms with E-state index in [9.17, 15) is 8.78 Å². The molecule has 2 aromatic heterocycles. The van der Waals surface area contributed by atoms with E-state index in [2.05, 4.69) is 36.3 Å². The summed E-state index contributed by atoms with van der Waals surface area (Å²) >= 11 is 5.86. The molecule has 2 bridgehead atoms. The zero-order valence-corrected chi connectivity index (χ0v) is 17.0. The summed E-state index contributed by atoms with van der Waals surface area (Å²) in [4.78, 5) is 14.9. The molecule has 1 N–H and O–H groups in total. The number of anilines is 2. The lowest BCUT2D eigenvalue weighted by Crippen LogP contribution is -2.34. The molecular weight excluding hydrogens is 428 g/mol. The first-order valence-electron chi connectivity index (χ1n) is 9.42. The average Bonchev–Trinajstić information content (AvgIpc) is 3.40. The fourth-order valence-electron chi connectivity index (χ4n) is 3.67. The Labute approximate surface area is 180 Å². The maximum atomic E-state index is 13.6. The van der Waals surface area contributed by atoms with Crippen LogP contribution in [-0.2, 0) is 0 Å². The normalized spacial score (nSPS) is 19.5. The van der Waals surface area contributed by atoms with Gasteiger partial charge in [-0.2, -0.15) is 9.67 Å². The summed E-state index contributed by atoms with van der Waals surface area (Å²) in [5.74, 6) is 0.883. The van der Waals surface area contributed by atoms with Crippen LogP contribution in [0.25, 0.3) is 6.20 Å². The van der Waals surface area contributed by atoms with Crippen molar-refractivity contribution in [1.82, 2.24) is 24.7 Å². The number of benzene rings is 1. The third kappa shape index (κ3) is 3.70. The van der Waals surface area contributed by atoms with Gasteiger partial charge in [-0.1, -0.05) is 17.7 Å². The average molecular weight is 444 g/mol. The van der Waals surface area contributed by atoms with E-state index in [1.165, 1.54) is 12.4 Å². The largest absolute Gasteiger partial charge is 0.424 e. The first kappa shape index (κ1) is 19.4. The van der Waals surface area contributed by atoms with Crippen LogP contribution in [0.5, 0.6) is 11.8 Å². The number of fused-ring (bicyclic) bond motifs is 1. The summed E-state index contributed by atoms with van der Waals surface area (Å²) in [7, 11) is 0. The number of ether oxygens (including phenoxy) is 1. The van der Waals surface area contributed by atoms with Gasteiger partial charge in [0, 0.05) is 41.0 Å². The molecule has 3 aliphatic rings. The summed E-state index contributed by atoms with van der Waals surface area (Å²) in [5, 5.41) is 7.63. The Morgan fingerprint density at radius 3 is 2.90 bits per heavy atom. The Kier molecular flexibility index (Phi) is 4.78. The molecule has 1 fully saturated rings. The molecule has 2 atom stereocenters. The molecule has 0 saturated carbocycles. The van der Waals surface area contributed by atoms with Crippen molar-refractivity contribution < 1.29 is 13.5 Å². The fraction of sp³-hybridized carbons (Fsp3) is 0.200. The van der Waals surface area contributed by atoms with Gasteiger partial charge in [0.2, 0.25) is 5.95 Å². The summed E-state index contributed by atoms with van der Waals surface area (Å²) in [5.41, 5.74) is 1.94. The van der Waals surface area contributed by atoms with E-state index < -0.39 is 5.82 Å². The van der Waals surface area contributed by atoms with Crippen LogP contribution < -0.4 is 15.0 Å². The topological polar surface area (TPSA) is 81.0 Å². The van der Waals surface area contributed by atoms with Crippen LogP contribution in [0.4, 0.5) is 20.5 Å². The molecule has 0 radical (unpaired) electrons. The quantitative estimate of drug-likeness (QED) is 0.612. The lowest BCUT2D eigenvalue weighted by molar-refractivity contribution is 0.428. The zero-order valence-electron chi connectivity index (χ0n) is 16.2. The molecule has 1 aliphatic carbocycles. The molecule has 6 rings (SSSR count). The maximum Gasteiger partial charge on any atom is 0.326 e. The second kappa shape index (κ2) is 7.62. The Balaban J connectivity index is 1.35. The van der Waals surface area contributed by atoms with Gasteiger partial charge in [-0.3, -0.25) is 0 Å². The monoisotopic (exact) mass is 443 g/mol. The van der Waals surface area contributed by atoms with Gasteiger partial charge in [0.15, 0.2) is 0 Å². The second-order valence-corrected chi connectivity index (χ2v) is 7.59. The summed E-state index contributed by atoms with van der Waals surface area (Å²) < 4.78 is 33.1. The fourth-order valence-corrected chi connectivity index (χ4v) is 3.88. The van der Waals surface area contributed by atoms with E-state index in [4.69, 9.17) is 16.3 Å². The number of aryl methyl sites for hydroxylation is 1. The maximum absolute atomic E-state index is 13.6. The predicted octanol–water partition coefficient (Wildman–Crippen LogP) is 4.17. The van der Waals surface area contributed by atoms with Gasteiger partial charge >= 0.3 is 6.01 Å². The molecule has 0 spiro atoms. The Morgan fingerprint density at radius 2 is 2.13 bits per heavy atom. The van der Waals surface area contributed by atoms with E-state index in [0.29, 0.717) is 6.33 Å². The van der Waals surface area contributed by atoms with Gasteiger partial charge in [0.1, 0.15) is 30.0 Å². The minimum absolute atomic E-state index is 0.0167. The molecule has 0 amide bonds. The van der Waals surface area contributed by atoms with E-state index in [1.54, 1.807) is 0 Å². The van der Waals surface area contributed by atoms with Gasteiger partial charge in [0.05, 0.1) is 12.2 Å². The number of hydrogen-bond donors (Lipinski definition) is 1. The van der Waals surface area contributed by atoms with E-state index in [1.807, 2.05) is 13.0 Å². The van der Waals surface area contributed by atoms with Crippen molar-refractivity contribution in [3.05, 3.63) is 65.2 Å². The smallest absolute Gasteiger partial charge is 0.326 e. The van der Waals surface area contributed by atoms with Crippen LogP contribution in [-0.4, -0.2) is 37.3 Å². The highest BCUT2D eigenvalue weighted by Gasteiger charge is 2.45. The summed E-state index contributed by atoms with van der Waals surface area (Å²) in [6.45, 7) is 2.69. The molecule has 31 heavy (non-hydrogen) atoms. The predicted molar refractivity (Wildman–Crippen MR) is 111 cm³/mol. The second-order valence-electron chi connectivity index (χ2n) is 7.15. The van der Waals surface area contributed by atoms with Gasteiger partial charge < -0.3 is 15.0 Å².